The number of anilines is 3. The van der Waals surface area contributed by atoms with Crippen LogP contribution in [0, 0.1) is 5.82 Å². The average molecular weight is 294 g/mol. The Balaban J connectivity index is 1.88. The minimum Gasteiger partial charge on any atom is -0.341 e. The van der Waals surface area contributed by atoms with E-state index in [0.717, 1.165) is 25.9 Å². The first kappa shape index (κ1) is 13.1. The second-order valence-corrected chi connectivity index (χ2v) is 4.87. The van der Waals surface area contributed by atoms with Crippen molar-refractivity contribution in [3.05, 3.63) is 35.4 Å². The molecule has 5 nitrogen and oxygen atoms in total. The van der Waals surface area contributed by atoms with Crippen LogP contribution in [0.1, 0.15) is 12.8 Å². The van der Waals surface area contributed by atoms with E-state index in [9.17, 15) is 4.39 Å². The van der Waals surface area contributed by atoms with Gasteiger partial charge in [0.25, 0.3) is 0 Å². The predicted molar refractivity (Wildman–Crippen MR) is 76.0 cm³/mol. The molecule has 104 valence electrons. The lowest BCUT2D eigenvalue weighted by molar-refractivity contribution is 0.631. The largest absolute Gasteiger partial charge is 0.341 e. The highest BCUT2D eigenvalue weighted by atomic mass is 35.5. The monoisotopic (exact) mass is 293 g/mol. The number of hydrogen-bond acceptors (Lipinski definition) is 5. The molecule has 0 saturated carbocycles. The fourth-order valence-electron chi connectivity index (χ4n) is 2.14. The predicted octanol–water partition coefficient (Wildman–Crippen LogP) is 3.01. The van der Waals surface area contributed by atoms with Gasteiger partial charge in [0.1, 0.15) is 5.82 Å². The summed E-state index contributed by atoms with van der Waals surface area (Å²) in [6.45, 7) is 1.80. The molecule has 1 aromatic heterocycles. The number of nitrogens with zero attached hydrogens (tertiary/aromatic N) is 4. The van der Waals surface area contributed by atoms with E-state index in [1.165, 1.54) is 6.07 Å². The number of nitrogens with one attached hydrogen (secondary N) is 1. The summed E-state index contributed by atoms with van der Waals surface area (Å²) in [5, 5.41) is 2.93. The van der Waals surface area contributed by atoms with Crippen LogP contribution in [-0.4, -0.2) is 28.0 Å². The summed E-state index contributed by atoms with van der Waals surface area (Å²) in [5.74, 6) is 0.407. The lowest BCUT2D eigenvalue weighted by Gasteiger charge is -2.15. The van der Waals surface area contributed by atoms with E-state index in [4.69, 9.17) is 11.6 Å². The van der Waals surface area contributed by atoms with E-state index in [2.05, 4.69) is 20.3 Å². The van der Waals surface area contributed by atoms with Gasteiger partial charge in [-0.3, -0.25) is 0 Å². The smallest absolute Gasteiger partial charge is 0.233 e. The van der Waals surface area contributed by atoms with Crippen molar-refractivity contribution in [3.8, 4) is 0 Å². The Labute approximate surface area is 120 Å². The van der Waals surface area contributed by atoms with Crippen LogP contribution < -0.4 is 10.2 Å². The molecule has 1 fully saturated rings. The van der Waals surface area contributed by atoms with Crippen LogP contribution in [0.4, 0.5) is 22.0 Å². The fourth-order valence-corrected chi connectivity index (χ4v) is 2.29. The molecule has 7 heteroatoms. The van der Waals surface area contributed by atoms with Crippen molar-refractivity contribution < 1.29 is 4.39 Å². The van der Waals surface area contributed by atoms with E-state index >= 15 is 0 Å². The summed E-state index contributed by atoms with van der Waals surface area (Å²) in [4.78, 5) is 14.4. The molecule has 3 rings (SSSR count). The molecule has 0 aliphatic carbocycles. The molecule has 1 aliphatic rings. The van der Waals surface area contributed by atoms with Gasteiger partial charge in [0.05, 0.1) is 5.69 Å². The van der Waals surface area contributed by atoms with Crippen molar-refractivity contribution in [2.24, 2.45) is 0 Å². The molecule has 0 bridgehead atoms. The van der Waals surface area contributed by atoms with Crippen LogP contribution in [0.15, 0.2) is 24.3 Å². The van der Waals surface area contributed by atoms with Crippen molar-refractivity contribution in [2.45, 2.75) is 12.8 Å². The number of benzene rings is 1. The molecule has 2 aromatic rings. The molecule has 0 atom stereocenters. The SMILES string of the molecule is Fc1ccccc1Nc1nc(Cl)nc(N2CCCC2)n1. The molecule has 1 saturated heterocycles. The Bertz CT molecular complexity index is 615. The van der Waals surface area contributed by atoms with E-state index in [-0.39, 0.29) is 17.0 Å². The first-order chi connectivity index (χ1) is 9.72. The van der Waals surface area contributed by atoms with Gasteiger partial charge < -0.3 is 10.2 Å². The Kier molecular flexibility index (Phi) is 3.64. The van der Waals surface area contributed by atoms with Gasteiger partial charge in [-0.2, -0.15) is 15.0 Å². The highest BCUT2D eigenvalue weighted by Gasteiger charge is 2.17. The standard InChI is InChI=1S/C13H13ClFN5/c14-11-17-12(16-10-6-2-1-5-9(10)15)19-13(18-11)20-7-3-4-8-20/h1-2,5-6H,3-4,7-8H2,(H,16,17,18,19). The van der Waals surface area contributed by atoms with E-state index in [1.807, 2.05) is 4.90 Å². The van der Waals surface area contributed by atoms with E-state index in [1.54, 1.807) is 18.2 Å². The van der Waals surface area contributed by atoms with Gasteiger partial charge in [-0.1, -0.05) is 12.1 Å². The van der Waals surface area contributed by atoms with E-state index < -0.39 is 0 Å². The normalized spacial score (nSPS) is 14.6. The third-order valence-electron chi connectivity index (χ3n) is 3.11. The summed E-state index contributed by atoms with van der Waals surface area (Å²) in [7, 11) is 0. The Morgan fingerprint density at radius 2 is 1.85 bits per heavy atom. The lowest BCUT2D eigenvalue weighted by atomic mass is 10.3. The van der Waals surface area contributed by atoms with Gasteiger partial charge >= 0.3 is 0 Å². The second kappa shape index (κ2) is 5.58. The van der Waals surface area contributed by atoms with Gasteiger partial charge in [0, 0.05) is 13.1 Å². The maximum absolute atomic E-state index is 13.6. The number of halogens is 2. The maximum atomic E-state index is 13.6. The van der Waals surface area contributed by atoms with Crippen LogP contribution in [0.25, 0.3) is 0 Å². The van der Waals surface area contributed by atoms with Gasteiger partial charge in [0.2, 0.25) is 17.2 Å². The van der Waals surface area contributed by atoms with Crippen molar-refractivity contribution >= 4 is 29.2 Å². The first-order valence-electron chi connectivity index (χ1n) is 6.40. The Hall–Kier alpha value is -1.95. The molecule has 2 heterocycles. The number of rotatable bonds is 3. The Morgan fingerprint density at radius 3 is 2.60 bits per heavy atom. The lowest BCUT2D eigenvalue weighted by Crippen LogP contribution is -2.21. The van der Waals surface area contributed by atoms with Crippen molar-refractivity contribution in [2.75, 3.05) is 23.3 Å². The highest BCUT2D eigenvalue weighted by Crippen LogP contribution is 2.21. The van der Waals surface area contributed by atoms with Gasteiger partial charge in [-0.25, -0.2) is 4.39 Å². The topological polar surface area (TPSA) is 53.9 Å². The van der Waals surface area contributed by atoms with Crippen molar-refractivity contribution in [1.29, 1.82) is 0 Å². The quantitative estimate of drug-likeness (QED) is 0.943. The average Bonchev–Trinajstić information content (AvgIpc) is 2.95. The number of hydrogen-bond donors (Lipinski definition) is 1. The molecule has 0 radical (unpaired) electrons. The van der Waals surface area contributed by atoms with Gasteiger partial charge in [0.15, 0.2) is 0 Å². The molecule has 0 unspecified atom stereocenters. The first-order valence-corrected chi connectivity index (χ1v) is 6.78. The molecule has 1 N–H and O–H groups in total. The van der Waals surface area contributed by atoms with Crippen LogP contribution in [-0.2, 0) is 0 Å². The van der Waals surface area contributed by atoms with Crippen LogP contribution in [0.3, 0.4) is 0 Å². The summed E-state index contributed by atoms with van der Waals surface area (Å²) < 4.78 is 13.6. The molecule has 0 amide bonds. The van der Waals surface area contributed by atoms with Crippen LogP contribution in [0.5, 0.6) is 0 Å². The highest BCUT2D eigenvalue weighted by molar-refractivity contribution is 6.28. The van der Waals surface area contributed by atoms with Crippen molar-refractivity contribution in [3.63, 3.8) is 0 Å². The molecule has 20 heavy (non-hydrogen) atoms. The third kappa shape index (κ3) is 2.80. The maximum Gasteiger partial charge on any atom is 0.233 e. The van der Waals surface area contributed by atoms with E-state index in [0.29, 0.717) is 11.6 Å². The zero-order chi connectivity index (χ0) is 13.9. The molecule has 0 spiro atoms. The molecular formula is C13H13ClFN5. The van der Waals surface area contributed by atoms with Gasteiger partial charge in [-0.05, 0) is 36.6 Å². The second-order valence-electron chi connectivity index (χ2n) is 4.53. The zero-order valence-corrected chi connectivity index (χ0v) is 11.4. The minimum atomic E-state index is -0.369. The van der Waals surface area contributed by atoms with Crippen LogP contribution >= 0.6 is 11.6 Å². The molecule has 1 aliphatic heterocycles. The third-order valence-corrected chi connectivity index (χ3v) is 3.27. The summed E-state index contributed by atoms with van der Waals surface area (Å²) in [5.41, 5.74) is 0.308. The summed E-state index contributed by atoms with van der Waals surface area (Å²) >= 11 is 5.91. The number of aromatic nitrogens is 3. The van der Waals surface area contributed by atoms with Crippen molar-refractivity contribution in [1.82, 2.24) is 15.0 Å². The summed E-state index contributed by atoms with van der Waals surface area (Å²) in [6, 6.07) is 6.33. The molecule has 1 aromatic carbocycles. The summed E-state index contributed by atoms with van der Waals surface area (Å²) in [6.07, 6.45) is 2.22. The van der Waals surface area contributed by atoms with Gasteiger partial charge in [-0.15, -0.1) is 0 Å². The fraction of sp³-hybridized carbons (Fsp3) is 0.308. The Morgan fingerprint density at radius 1 is 1.10 bits per heavy atom. The molecular weight excluding hydrogens is 281 g/mol. The minimum absolute atomic E-state index is 0.0979. The number of para-hydroxylation sites is 1. The van der Waals surface area contributed by atoms with Crippen LogP contribution in [0.2, 0.25) is 5.28 Å². The zero-order valence-electron chi connectivity index (χ0n) is 10.7.